The molecule has 2 aliphatic rings. The lowest BCUT2D eigenvalue weighted by molar-refractivity contribution is 0.152. The van der Waals surface area contributed by atoms with Gasteiger partial charge in [0.25, 0.3) is 0 Å². The molecule has 3 unspecified atom stereocenters. The van der Waals surface area contributed by atoms with Gasteiger partial charge in [0.1, 0.15) is 6.17 Å². The number of halogens is 2. The molecule has 0 N–H and O–H groups in total. The summed E-state index contributed by atoms with van der Waals surface area (Å²) < 4.78 is 15.5. The topological polar surface area (TPSA) is 0 Å². The predicted octanol–water partition coefficient (Wildman–Crippen LogP) is 10.5. The molecule has 0 saturated heterocycles. The van der Waals surface area contributed by atoms with Gasteiger partial charge in [0.05, 0.1) is 0 Å². The molecule has 2 aromatic carbocycles. The molecule has 0 spiro atoms. The minimum absolute atomic E-state index is 0.0752. The van der Waals surface area contributed by atoms with E-state index in [9.17, 15) is 0 Å². The average Bonchev–Trinajstić information content (AvgIpc) is 2.88. The summed E-state index contributed by atoms with van der Waals surface area (Å²) in [5.41, 5.74) is 3.87. The molecule has 3 atom stereocenters. The molecule has 2 aliphatic carbocycles. The molecular formula is C33H46ClF. The van der Waals surface area contributed by atoms with Crippen molar-refractivity contribution >= 4 is 11.6 Å². The van der Waals surface area contributed by atoms with Crippen LogP contribution in [0.4, 0.5) is 4.39 Å². The van der Waals surface area contributed by atoms with Crippen LogP contribution < -0.4 is 0 Å². The highest BCUT2D eigenvalue weighted by Gasteiger charge is 2.33. The fraction of sp³-hybridized carbons (Fsp3) is 0.636. The lowest BCUT2D eigenvalue weighted by Crippen LogP contribution is -2.26. The zero-order chi connectivity index (χ0) is 24.5. The van der Waals surface area contributed by atoms with Crippen LogP contribution in [0, 0.1) is 17.8 Å². The Bertz CT molecular complexity index is 867. The first kappa shape index (κ1) is 26.7. The number of alkyl halides is 1. The molecule has 0 amide bonds. The van der Waals surface area contributed by atoms with Gasteiger partial charge >= 0.3 is 0 Å². The monoisotopic (exact) mass is 496 g/mol. The van der Waals surface area contributed by atoms with E-state index in [2.05, 4.69) is 43.3 Å². The molecule has 35 heavy (non-hydrogen) atoms. The number of unbranched alkanes of at least 4 members (excludes halogenated alkanes) is 2. The first-order chi connectivity index (χ1) is 17.1. The minimum atomic E-state index is -0.695. The van der Waals surface area contributed by atoms with Crippen molar-refractivity contribution in [1.82, 2.24) is 0 Å². The van der Waals surface area contributed by atoms with Crippen LogP contribution in [-0.2, 0) is 12.8 Å². The maximum absolute atomic E-state index is 15.5. The van der Waals surface area contributed by atoms with Gasteiger partial charge in [0, 0.05) is 10.9 Å². The minimum Gasteiger partial charge on any atom is -0.247 e. The smallest absolute Gasteiger partial charge is 0.107 e. The van der Waals surface area contributed by atoms with Crippen LogP contribution >= 0.6 is 11.6 Å². The van der Waals surface area contributed by atoms with E-state index in [1.165, 1.54) is 87.3 Å². The van der Waals surface area contributed by atoms with E-state index < -0.39 is 6.17 Å². The number of aryl methyl sites for hydroxylation is 2. The van der Waals surface area contributed by atoms with Crippen molar-refractivity contribution in [2.75, 3.05) is 0 Å². The number of rotatable bonds is 11. The van der Waals surface area contributed by atoms with Gasteiger partial charge in [-0.2, -0.15) is 0 Å². The van der Waals surface area contributed by atoms with E-state index >= 15 is 4.39 Å². The summed E-state index contributed by atoms with van der Waals surface area (Å²) in [6.45, 7) is 2.30. The third-order valence-corrected chi connectivity index (χ3v) is 9.35. The Kier molecular flexibility index (Phi) is 10.6. The fourth-order valence-corrected chi connectivity index (χ4v) is 6.95. The summed E-state index contributed by atoms with van der Waals surface area (Å²) in [7, 11) is 0. The Hall–Kier alpha value is -1.34. The second kappa shape index (κ2) is 13.8. The fourth-order valence-electron chi connectivity index (χ4n) is 6.83. The van der Waals surface area contributed by atoms with E-state index in [4.69, 9.17) is 11.6 Å². The van der Waals surface area contributed by atoms with Crippen LogP contribution in [-0.4, -0.2) is 6.17 Å². The molecular weight excluding hydrogens is 451 g/mol. The lowest BCUT2D eigenvalue weighted by atomic mass is 9.72. The zero-order valence-electron chi connectivity index (χ0n) is 21.9. The summed E-state index contributed by atoms with van der Waals surface area (Å²) in [6, 6.07) is 16.7. The van der Waals surface area contributed by atoms with E-state index in [0.29, 0.717) is 5.92 Å². The van der Waals surface area contributed by atoms with Crippen LogP contribution in [0.15, 0.2) is 48.5 Å². The van der Waals surface area contributed by atoms with Crippen molar-refractivity contribution in [2.24, 2.45) is 17.8 Å². The first-order valence-corrected chi connectivity index (χ1v) is 15.0. The number of benzene rings is 2. The standard InChI is InChI=1S/C33H46ClF/c1-2-3-4-7-25-10-12-26(13-11-25)14-15-28-19-23-32(33(35)24-28)31-9-6-5-8-29(31)20-16-27-17-21-30(34)22-18-27/h5-6,8-9,17-18,21-22,25-26,28,32-33H,2-4,7,10-16,19-20,23-24H2,1H3/t25-,26-,28?,32?,33?. The molecule has 2 fully saturated rings. The molecule has 0 bridgehead atoms. The van der Waals surface area contributed by atoms with Crippen LogP contribution in [0.2, 0.25) is 5.02 Å². The van der Waals surface area contributed by atoms with E-state index in [1.807, 2.05) is 12.1 Å². The van der Waals surface area contributed by atoms with Crippen molar-refractivity contribution in [3.05, 3.63) is 70.2 Å². The van der Waals surface area contributed by atoms with Crippen molar-refractivity contribution in [1.29, 1.82) is 0 Å². The third kappa shape index (κ3) is 8.08. The Morgan fingerprint density at radius 1 is 0.743 bits per heavy atom. The quantitative estimate of drug-likeness (QED) is 0.271. The van der Waals surface area contributed by atoms with Gasteiger partial charge in [-0.25, -0.2) is 4.39 Å². The molecule has 4 rings (SSSR count). The van der Waals surface area contributed by atoms with Crippen LogP contribution in [0.3, 0.4) is 0 Å². The summed E-state index contributed by atoms with van der Waals surface area (Å²) in [5.74, 6) is 2.56. The van der Waals surface area contributed by atoms with Gasteiger partial charge in [-0.1, -0.05) is 119 Å². The number of hydrogen-bond donors (Lipinski definition) is 0. The van der Waals surface area contributed by atoms with Crippen molar-refractivity contribution in [3.8, 4) is 0 Å². The highest BCUT2D eigenvalue weighted by atomic mass is 35.5. The summed E-state index contributed by atoms with van der Waals surface area (Å²) in [4.78, 5) is 0. The van der Waals surface area contributed by atoms with E-state index in [1.54, 1.807) is 0 Å². The molecule has 2 aromatic rings. The van der Waals surface area contributed by atoms with Crippen molar-refractivity contribution in [2.45, 2.75) is 115 Å². The molecule has 192 valence electrons. The molecule has 0 aromatic heterocycles. The van der Waals surface area contributed by atoms with E-state index in [-0.39, 0.29) is 5.92 Å². The second-order valence-electron chi connectivity index (χ2n) is 11.6. The van der Waals surface area contributed by atoms with Gasteiger partial charge in [-0.05, 0) is 78.7 Å². The molecule has 0 nitrogen and oxygen atoms in total. The molecule has 0 heterocycles. The summed E-state index contributed by atoms with van der Waals surface area (Å²) >= 11 is 6.04. The van der Waals surface area contributed by atoms with Crippen LogP contribution in [0.1, 0.15) is 113 Å². The highest BCUT2D eigenvalue weighted by molar-refractivity contribution is 6.30. The lowest BCUT2D eigenvalue weighted by Gasteiger charge is -2.34. The number of hydrogen-bond acceptors (Lipinski definition) is 0. The Balaban J connectivity index is 1.22. The normalized spacial score (nSPS) is 27.1. The molecule has 0 radical (unpaired) electrons. The van der Waals surface area contributed by atoms with Crippen LogP contribution in [0.5, 0.6) is 0 Å². The highest BCUT2D eigenvalue weighted by Crippen LogP contribution is 2.42. The SMILES string of the molecule is CCCCC[C@H]1CC[C@H](CCC2CCC(c3ccccc3CCc3ccc(Cl)cc3)C(F)C2)CC1. The van der Waals surface area contributed by atoms with Gasteiger partial charge < -0.3 is 0 Å². The third-order valence-electron chi connectivity index (χ3n) is 9.10. The van der Waals surface area contributed by atoms with Gasteiger partial charge in [0.15, 0.2) is 0 Å². The van der Waals surface area contributed by atoms with Gasteiger partial charge in [-0.3, -0.25) is 0 Å². The molecule has 0 aliphatic heterocycles. The zero-order valence-corrected chi connectivity index (χ0v) is 22.6. The predicted molar refractivity (Wildman–Crippen MR) is 149 cm³/mol. The Morgan fingerprint density at radius 2 is 1.40 bits per heavy atom. The Morgan fingerprint density at radius 3 is 2.11 bits per heavy atom. The largest absolute Gasteiger partial charge is 0.247 e. The van der Waals surface area contributed by atoms with Crippen LogP contribution in [0.25, 0.3) is 0 Å². The van der Waals surface area contributed by atoms with Crippen molar-refractivity contribution in [3.63, 3.8) is 0 Å². The molecule has 2 heteroatoms. The van der Waals surface area contributed by atoms with Gasteiger partial charge in [0.2, 0.25) is 0 Å². The first-order valence-electron chi connectivity index (χ1n) is 14.6. The summed E-state index contributed by atoms with van der Waals surface area (Å²) in [5, 5.41) is 0.779. The average molecular weight is 497 g/mol. The Labute approximate surface area is 219 Å². The van der Waals surface area contributed by atoms with E-state index in [0.717, 1.165) is 42.5 Å². The van der Waals surface area contributed by atoms with Gasteiger partial charge in [-0.15, -0.1) is 0 Å². The summed E-state index contributed by atoms with van der Waals surface area (Å²) in [6.07, 6.45) is 18.1. The second-order valence-corrected chi connectivity index (χ2v) is 12.0. The molecule has 2 saturated carbocycles. The maximum Gasteiger partial charge on any atom is 0.107 e. The van der Waals surface area contributed by atoms with Crippen molar-refractivity contribution < 1.29 is 4.39 Å². The maximum atomic E-state index is 15.5.